The van der Waals surface area contributed by atoms with Crippen molar-refractivity contribution in [3.05, 3.63) is 107 Å². The van der Waals surface area contributed by atoms with Gasteiger partial charge in [-0.2, -0.15) is 0 Å². The normalized spacial score (nSPS) is 17.5. The van der Waals surface area contributed by atoms with Gasteiger partial charge in [-0.25, -0.2) is 4.79 Å². The van der Waals surface area contributed by atoms with E-state index in [-0.39, 0.29) is 18.5 Å². The zero-order chi connectivity index (χ0) is 24.4. The van der Waals surface area contributed by atoms with Crippen molar-refractivity contribution >= 4 is 17.8 Å². The average Bonchev–Trinajstić information content (AvgIpc) is 3.15. The molecule has 6 heteroatoms. The summed E-state index contributed by atoms with van der Waals surface area (Å²) in [6, 6.07) is 23.8. The number of aryl methyl sites for hydroxylation is 2. The summed E-state index contributed by atoms with van der Waals surface area (Å²) in [5, 5.41) is 5.85. The Morgan fingerprint density at radius 3 is 2.14 bits per heavy atom. The molecule has 1 heterocycles. The summed E-state index contributed by atoms with van der Waals surface area (Å²) < 4.78 is 0. The van der Waals surface area contributed by atoms with Gasteiger partial charge in [0, 0.05) is 0 Å². The Hall–Kier alpha value is -3.93. The highest BCUT2D eigenvalue weighted by atomic mass is 16.2. The summed E-state index contributed by atoms with van der Waals surface area (Å²) in [4.78, 5) is 40.7. The second-order valence-electron chi connectivity index (χ2n) is 9.33. The highest BCUT2D eigenvalue weighted by Crippen LogP contribution is 2.36. The molecule has 1 saturated heterocycles. The van der Waals surface area contributed by atoms with Crippen LogP contribution < -0.4 is 10.6 Å². The number of carbonyl (C=O) groups excluding carboxylic acids is 3. The summed E-state index contributed by atoms with van der Waals surface area (Å²) in [7, 11) is 0. The molecule has 0 saturated carbocycles. The van der Waals surface area contributed by atoms with Crippen molar-refractivity contribution < 1.29 is 14.4 Å². The predicted molar refractivity (Wildman–Crippen MR) is 134 cm³/mol. The Morgan fingerprint density at radius 2 is 1.51 bits per heavy atom. The Balaban J connectivity index is 1.35. The number of imide groups is 1. The van der Waals surface area contributed by atoms with Crippen LogP contribution in [0.5, 0.6) is 0 Å². The molecule has 3 aromatic rings. The van der Waals surface area contributed by atoms with Gasteiger partial charge in [0.15, 0.2) is 5.54 Å². The predicted octanol–water partition coefficient (Wildman–Crippen LogP) is 4.24. The van der Waals surface area contributed by atoms with Crippen molar-refractivity contribution in [2.45, 2.75) is 44.2 Å². The van der Waals surface area contributed by atoms with Crippen molar-refractivity contribution in [1.29, 1.82) is 0 Å². The first-order valence-corrected chi connectivity index (χ1v) is 12.2. The number of hydrogen-bond acceptors (Lipinski definition) is 3. The van der Waals surface area contributed by atoms with Crippen LogP contribution in [-0.2, 0) is 28.0 Å². The van der Waals surface area contributed by atoms with Gasteiger partial charge in [-0.1, -0.05) is 78.9 Å². The third-order valence-corrected chi connectivity index (χ3v) is 7.07. The molecule has 0 radical (unpaired) electrons. The second-order valence-corrected chi connectivity index (χ2v) is 9.33. The minimum Gasteiger partial charge on any atom is -0.348 e. The van der Waals surface area contributed by atoms with Gasteiger partial charge in [0.1, 0.15) is 6.54 Å². The van der Waals surface area contributed by atoms with Crippen LogP contribution in [0.15, 0.2) is 78.9 Å². The molecule has 1 aliphatic heterocycles. The van der Waals surface area contributed by atoms with Gasteiger partial charge >= 0.3 is 6.03 Å². The third kappa shape index (κ3) is 4.20. The molecule has 0 aromatic heterocycles. The number of urea groups is 1. The number of fused-ring (bicyclic) bond motifs is 1. The molecule has 1 unspecified atom stereocenters. The number of benzene rings is 3. The van der Waals surface area contributed by atoms with Crippen molar-refractivity contribution in [1.82, 2.24) is 15.5 Å². The molecule has 0 bridgehead atoms. The van der Waals surface area contributed by atoms with E-state index in [0.29, 0.717) is 11.1 Å². The SMILES string of the molecule is CC(NC(=O)CN1C(=O)NC(c2ccccc2)(c2ccccc2)C1=O)c1ccc2c(c1)CCCC2. The van der Waals surface area contributed by atoms with E-state index in [1.54, 1.807) is 0 Å². The van der Waals surface area contributed by atoms with Gasteiger partial charge < -0.3 is 10.6 Å². The summed E-state index contributed by atoms with van der Waals surface area (Å²) in [5.41, 5.74) is 3.68. The minimum atomic E-state index is -1.37. The van der Waals surface area contributed by atoms with Crippen LogP contribution in [0.4, 0.5) is 4.79 Å². The average molecular weight is 468 g/mol. The lowest BCUT2D eigenvalue weighted by atomic mass is 9.82. The zero-order valence-electron chi connectivity index (χ0n) is 19.8. The van der Waals surface area contributed by atoms with Crippen LogP contribution in [0, 0.1) is 0 Å². The van der Waals surface area contributed by atoms with E-state index in [1.807, 2.05) is 67.6 Å². The lowest BCUT2D eigenvalue weighted by molar-refractivity contribution is -0.134. The van der Waals surface area contributed by atoms with E-state index in [9.17, 15) is 14.4 Å². The molecule has 0 spiro atoms. The van der Waals surface area contributed by atoms with Crippen LogP contribution in [0.2, 0.25) is 0 Å². The molecule has 2 aliphatic rings. The number of rotatable bonds is 6. The van der Waals surface area contributed by atoms with E-state index >= 15 is 0 Å². The maximum Gasteiger partial charge on any atom is 0.326 e. The van der Waals surface area contributed by atoms with Gasteiger partial charge in [-0.05, 0) is 60.4 Å². The smallest absolute Gasteiger partial charge is 0.326 e. The maximum absolute atomic E-state index is 13.8. The molecule has 3 aromatic carbocycles. The molecule has 2 N–H and O–H groups in total. The minimum absolute atomic E-state index is 0.233. The van der Waals surface area contributed by atoms with Crippen LogP contribution in [0.3, 0.4) is 0 Å². The maximum atomic E-state index is 13.8. The topological polar surface area (TPSA) is 78.5 Å². The molecular weight excluding hydrogens is 438 g/mol. The molecule has 1 atom stereocenters. The van der Waals surface area contributed by atoms with Crippen molar-refractivity contribution in [3.63, 3.8) is 0 Å². The van der Waals surface area contributed by atoms with Crippen LogP contribution >= 0.6 is 0 Å². The summed E-state index contributed by atoms with van der Waals surface area (Å²) in [6.07, 6.45) is 4.58. The largest absolute Gasteiger partial charge is 0.348 e. The first kappa shape index (κ1) is 22.8. The Labute approximate surface area is 205 Å². The Bertz CT molecular complexity index is 1220. The highest BCUT2D eigenvalue weighted by molar-refractivity contribution is 6.11. The lowest BCUT2D eigenvalue weighted by Crippen LogP contribution is -2.46. The third-order valence-electron chi connectivity index (χ3n) is 7.07. The first-order valence-electron chi connectivity index (χ1n) is 12.2. The van der Waals surface area contributed by atoms with Gasteiger partial charge in [0.2, 0.25) is 5.91 Å². The fraction of sp³-hybridized carbons (Fsp3) is 0.276. The van der Waals surface area contributed by atoms with Crippen LogP contribution in [-0.4, -0.2) is 29.3 Å². The number of hydrogen-bond donors (Lipinski definition) is 2. The van der Waals surface area contributed by atoms with E-state index in [1.165, 1.54) is 24.0 Å². The molecule has 178 valence electrons. The number of carbonyl (C=O) groups is 3. The molecule has 1 aliphatic carbocycles. The first-order chi connectivity index (χ1) is 17.0. The molecule has 4 amide bonds. The molecule has 5 rings (SSSR count). The van der Waals surface area contributed by atoms with Gasteiger partial charge in [-0.15, -0.1) is 0 Å². The van der Waals surface area contributed by atoms with E-state index in [0.717, 1.165) is 23.3 Å². The van der Waals surface area contributed by atoms with Crippen molar-refractivity contribution in [3.8, 4) is 0 Å². The molecule has 1 fully saturated rings. The van der Waals surface area contributed by atoms with Crippen molar-refractivity contribution in [2.24, 2.45) is 0 Å². The lowest BCUT2D eigenvalue weighted by Gasteiger charge is -2.28. The van der Waals surface area contributed by atoms with Gasteiger partial charge in [0.25, 0.3) is 5.91 Å². The quantitative estimate of drug-likeness (QED) is 0.533. The number of nitrogens with zero attached hydrogens (tertiary/aromatic N) is 1. The van der Waals surface area contributed by atoms with Gasteiger partial charge in [-0.3, -0.25) is 14.5 Å². The van der Waals surface area contributed by atoms with Crippen LogP contribution in [0.25, 0.3) is 0 Å². The molecule has 6 nitrogen and oxygen atoms in total. The fourth-order valence-corrected chi connectivity index (χ4v) is 5.19. The van der Waals surface area contributed by atoms with E-state index in [2.05, 4.69) is 28.8 Å². The number of amides is 4. The Morgan fingerprint density at radius 1 is 0.914 bits per heavy atom. The van der Waals surface area contributed by atoms with E-state index in [4.69, 9.17) is 0 Å². The highest BCUT2D eigenvalue weighted by Gasteiger charge is 2.54. The molecule has 35 heavy (non-hydrogen) atoms. The molecular formula is C29H29N3O3. The zero-order valence-corrected chi connectivity index (χ0v) is 19.8. The van der Waals surface area contributed by atoms with Crippen molar-refractivity contribution in [2.75, 3.05) is 6.54 Å². The summed E-state index contributed by atoms with van der Waals surface area (Å²) in [5.74, 6) is -0.841. The summed E-state index contributed by atoms with van der Waals surface area (Å²) in [6.45, 7) is 1.58. The van der Waals surface area contributed by atoms with Gasteiger partial charge in [0.05, 0.1) is 6.04 Å². The monoisotopic (exact) mass is 467 g/mol. The standard InChI is InChI=1S/C29H29N3O3/c1-20(22-17-16-21-10-8-9-11-23(21)18-22)30-26(33)19-32-27(34)29(31-28(32)35,24-12-4-2-5-13-24)25-14-6-3-7-15-25/h2-7,12-18,20H,8-11,19H2,1H3,(H,30,33)(H,31,35). The van der Waals surface area contributed by atoms with Crippen LogP contribution in [0.1, 0.15) is 53.6 Å². The summed E-state index contributed by atoms with van der Waals surface area (Å²) >= 11 is 0. The second kappa shape index (κ2) is 9.37. The fourth-order valence-electron chi connectivity index (χ4n) is 5.19. The number of nitrogens with one attached hydrogen (secondary N) is 2. The van der Waals surface area contributed by atoms with E-state index < -0.39 is 17.5 Å². The Kier molecular flexibility index (Phi) is 6.12.